The molecule has 34 heavy (non-hydrogen) atoms. The summed E-state index contributed by atoms with van der Waals surface area (Å²) in [6.45, 7) is 3.69. The molecule has 2 heterocycles. The number of carbonyl (C=O) groups is 2. The van der Waals surface area contributed by atoms with Gasteiger partial charge in [-0.05, 0) is 68.7 Å². The Morgan fingerprint density at radius 2 is 1.65 bits per heavy atom. The molecule has 1 aliphatic heterocycles. The number of nitrogens with one attached hydrogen (secondary N) is 1. The molecule has 7 nitrogen and oxygen atoms in total. The fourth-order valence-corrected chi connectivity index (χ4v) is 5.05. The second kappa shape index (κ2) is 9.79. The van der Waals surface area contributed by atoms with Crippen LogP contribution < -0.4 is 5.32 Å². The van der Waals surface area contributed by atoms with Gasteiger partial charge < -0.3 is 10.2 Å². The van der Waals surface area contributed by atoms with Gasteiger partial charge in [0.25, 0.3) is 11.8 Å². The first-order chi connectivity index (χ1) is 16.6. The van der Waals surface area contributed by atoms with Crippen LogP contribution in [0.2, 0.25) is 0 Å². The lowest BCUT2D eigenvalue weighted by Gasteiger charge is -2.29. The maximum Gasteiger partial charge on any atom is 0.276 e. The van der Waals surface area contributed by atoms with E-state index >= 15 is 0 Å². The summed E-state index contributed by atoms with van der Waals surface area (Å²) < 4.78 is 1.84. The third kappa shape index (κ3) is 4.88. The minimum atomic E-state index is -0.0304. The third-order valence-corrected chi connectivity index (χ3v) is 7.00. The summed E-state index contributed by atoms with van der Waals surface area (Å²) in [5, 5.41) is 11.6. The minimum absolute atomic E-state index is 0.0161. The Morgan fingerprint density at radius 3 is 2.38 bits per heavy atom. The summed E-state index contributed by atoms with van der Waals surface area (Å²) in [6, 6.07) is 16.5. The largest absolute Gasteiger partial charge is 0.349 e. The molecule has 7 heteroatoms. The molecular formula is C27H31N5O2. The maximum absolute atomic E-state index is 12.9. The third-order valence-electron chi connectivity index (χ3n) is 7.00. The summed E-state index contributed by atoms with van der Waals surface area (Å²) in [7, 11) is 0. The molecule has 0 atom stereocenters. The first-order valence-electron chi connectivity index (χ1n) is 12.3. The van der Waals surface area contributed by atoms with Crippen molar-refractivity contribution in [2.24, 2.45) is 0 Å². The monoisotopic (exact) mass is 457 g/mol. The number of amides is 2. The highest BCUT2D eigenvalue weighted by Crippen LogP contribution is 2.29. The summed E-state index contributed by atoms with van der Waals surface area (Å²) in [5.74, 6) is -0.0465. The number of hydrogen-bond acceptors (Lipinski definition) is 4. The van der Waals surface area contributed by atoms with Crippen LogP contribution >= 0.6 is 0 Å². The first kappa shape index (κ1) is 22.3. The number of aryl methyl sites for hydroxylation is 1. The molecule has 1 N–H and O–H groups in total. The average molecular weight is 458 g/mol. The van der Waals surface area contributed by atoms with Crippen LogP contribution in [0.15, 0.2) is 54.7 Å². The number of rotatable bonds is 5. The van der Waals surface area contributed by atoms with Gasteiger partial charge in [-0.3, -0.25) is 9.59 Å². The van der Waals surface area contributed by atoms with Crippen LogP contribution in [0.1, 0.15) is 71.0 Å². The van der Waals surface area contributed by atoms with Crippen LogP contribution in [0.3, 0.4) is 0 Å². The van der Waals surface area contributed by atoms with Gasteiger partial charge in [0, 0.05) is 24.7 Å². The van der Waals surface area contributed by atoms with Crippen LogP contribution in [-0.2, 0) is 0 Å². The zero-order valence-corrected chi connectivity index (χ0v) is 19.6. The van der Waals surface area contributed by atoms with E-state index in [9.17, 15) is 9.59 Å². The van der Waals surface area contributed by atoms with Crippen molar-refractivity contribution < 1.29 is 9.59 Å². The summed E-state index contributed by atoms with van der Waals surface area (Å²) in [4.78, 5) is 27.3. The molecule has 2 fully saturated rings. The number of nitrogens with zero attached hydrogens (tertiary/aromatic N) is 4. The molecule has 1 aliphatic carbocycles. The van der Waals surface area contributed by atoms with E-state index in [2.05, 4.69) is 40.8 Å². The van der Waals surface area contributed by atoms with Gasteiger partial charge in [-0.1, -0.05) is 47.2 Å². The Labute approximate surface area is 200 Å². The quantitative estimate of drug-likeness (QED) is 0.616. The number of hydrogen-bond donors (Lipinski definition) is 1. The lowest BCUT2D eigenvalue weighted by Crippen LogP contribution is -2.38. The topological polar surface area (TPSA) is 80.1 Å². The highest BCUT2D eigenvalue weighted by molar-refractivity contribution is 5.95. The standard InChI is InChI=1S/C27H31N5O2/c1-19-6-4-7-20(16-19)21-8-5-9-22(17-21)26(33)28-23-10-12-24(13-11-23)32-18-25(29-30-32)27(34)31-14-2-3-15-31/h4-9,16-18,23-24H,2-3,10-15H2,1H3,(H,28,33). The smallest absolute Gasteiger partial charge is 0.276 e. The average Bonchev–Trinajstić information content (AvgIpc) is 3.57. The van der Waals surface area contributed by atoms with Crippen LogP contribution in [0.25, 0.3) is 11.1 Å². The van der Waals surface area contributed by atoms with Crippen molar-refractivity contribution in [1.82, 2.24) is 25.2 Å². The summed E-state index contributed by atoms with van der Waals surface area (Å²) in [5.41, 5.74) is 4.48. The molecule has 0 spiro atoms. The molecular weight excluding hydrogens is 426 g/mol. The summed E-state index contributed by atoms with van der Waals surface area (Å²) >= 11 is 0. The van der Waals surface area contributed by atoms with Crippen LogP contribution in [0, 0.1) is 6.92 Å². The predicted molar refractivity (Wildman–Crippen MR) is 131 cm³/mol. The molecule has 3 aromatic rings. The van der Waals surface area contributed by atoms with E-state index in [0.717, 1.165) is 62.7 Å². The van der Waals surface area contributed by atoms with Gasteiger partial charge in [-0.25, -0.2) is 4.68 Å². The van der Waals surface area contributed by atoms with E-state index in [1.165, 1.54) is 5.56 Å². The summed E-state index contributed by atoms with van der Waals surface area (Å²) in [6.07, 6.45) is 7.47. The predicted octanol–water partition coefficient (Wildman–Crippen LogP) is 4.40. The normalized spacial score (nSPS) is 20.3. The lowest BCUT2D eigenvalue weighted by molar-refractivity contribution is 0.0786. The lowest BCUT2D eigenvalue weighted by atomic mass is 9.91. The molecule has 2 amide bonds. The second-order valence-corrected chi connectivity index (χ2v) is 9.51. The Balaban J connectivity index is 1.17. The maximum atomic E-state index is 12.9. The van der Waals surface area contributed by atoms with Crippen molar-refractivity contribution in [3.8, 4) is 11.1 Å². The van der Waals surface area contributed by atoms with Crippen molar-refractivity contribution in [2.75, 3.05) is 13.1 Å². The van der Waals surface area contributed by atoms with Crippen LogP contribution in [0.5, 0.6) is 0 Å². The van der Waals surface area contributed by atoms with Crippen molar-refractivity contribution in [1.29, 1.82) is 0 Å². The molecule has 1 saturated heterocycles. The zero-order chi connectivity index (χ0) is 23.5. The van der Waals surface area contributed by atoms with E-state index in [-0.39, 0.29) is 23.9 Å². The van der Waals surface area contributed by atoms with Gasteiger partial charge in [0.1, 0.15) is 0 Å². The van der Waals surface area contributed by atoms with Gasteiger partial charge in [0.15, 0.2) is 5.69 Å². The minimum Gasteiger partial charge on any atom is -0.349 e. The van der Waals surface area contributed by atoms with Crippen LogP contribution in [0.4, 0.5) is 0 Å². The highest BCUT2D eigenvalue weighted by Gasteiger charge is 2.27. The van der Waals surface area contributed by atoms with Crippen LogP contribution in [-0.4, -0.2) is 50.8 Å². The zero-order valence-electron chi connectivity index (χ0n) is 19.6. The Kier molecular flexibility index (Phi) is 6.43. The van der Waals surface area contributed by atoms with Gasteiger partial charge in [0.05, 0.1) is 12.2 Å². The van der Waals surface area contributed by atoms with Crippen molar-refractivity contribution in [3.05, 3.63) is 71.5 Å². The van der Waals surface area contributed by atoms with Crippen molar-refractivity contribution >= 4 is 11.8 Å². The number of carbonyl (C=O) groups excluding carboxylic acids is 2. The Morgan fingerprint density at radius 1 is 0.941 bits per heavy atom. The van der Waals surface area contributed by atoms with Gasteiger partial charge >= 0.3 is 0 Å². The van der Waals surface area contributed by atoms with Gasteiger partial charge in [-0.2, -0.15) is 0 Å². The number of aromatic nitrogens is 3. The van der Waals surface area contributed by atoms with E-state index in [0.29, 0.717) is 11.3 Å². The molecule has 176 valence electrons. The number of likely N-dealkylation sites (tertiary alicyclic amines) is 1. The fourth-order valence-electron chi connectivity index (χ4n) is 5.05. The number of benzene rings is 2. The van der Waals surface area contributed by atoms with E-state index in [1.54, 1.807) is 6.20 Å². The van der Waals surface area contributed by atoms with Gasteiger partial charge in [-0.15, -0.1) is 5.10 Å². The van der Waals surface area contributed by atoms with E-state index < -0.39 is 0 Å². The molecule has 1 saturated carbocycles. The van der Waals surface area contributed by atoms with Gasteiger partial charge in [0.2, 0.25) is 0 Å². The molecule has 0 bridgehead atoms. The Hall–Kier alpha value is -3.48. The molecule has 2 aliphatic rings. The molecule has 2 aromatic carbocycles. The van der Waals surface area contributed by atoms with E-state index in [4.69, 9.17) is 0 Å². The SMILES string of the molecule is Cc1cccc(-c2cccc(C(=O)NC3CCC(n4cc(C(=O)N5CCCC5)nn4)CC3)c2)c1. The van der Waals surface area contributed by atoms with Crippen molar-refractivity contribution in [2.45, 2.75) is 57.5 Å². The molecule has 0 radical (unpaired) electrons. The molecule has 0 unspecified atom stereocenters. The second-order valence-electron chi connectivity index (χ2n) is 9.51. The van der Waals surface area contributed by atoms with Crippen molar-refractivity contribution in [3.63, 3.8) is 0 Å². The molecule has 1 aromatic heterocycles. The molecule has 5 rings (SSSR count). The Bertz CT molecular complexity index is 1170. The first-order valence-corrected chi connectivity index (χ1v) is 12.3. The highest BCUT2D eigenvalue weighted by atomic mass is 16.2. The fraction of sp³-hybridized carbons (Fsp3) is 0.407. The van der Waals surface area contributed by atoms with E-state index in [1.807, 2.05) is 39.9 Å².